The van der Waals surface area contributed by atoms with Crippen molar-refractivity contribution >= 4 is 26.0 Å². The summed E-state index contributed by atoms with van der Waals surface area (Å²) in [5.74, 6) is -0.262. The quantitative estimate of drug-likeness (QED) is 0.894. The van der Waals surface area contributed by atoms with Gasteiger partial charge in [0.15, 0.2) is 0 Å². The van der Waals surface area contributed by atoms with Crippen molar-refractivity contribution in [2.24, 2.45) is 5.14 Å². The Kier molecular flexibility index (Phi) is 4.65. The number of hydrogen-bond acceptors (Lipinski definition) is 3. The molecule has 112 valence electrons. The van der Waals surface area contributed by atoms with Gasteiger partial charge >= 0.3 is 0 Å². The molecular weight excluding hydrogens is 361 g/mol. The molecule has 0 aliphatic heterocycles. The lowest BCUT2D eigenvalue weighted by Crippen LogP contribution is -2.14. The molecular formula is C14H13BrFNO3S. The largest absolute Gasteiger partial charge is 0.487 e. The molecule has 21 heavy (non-hydrogen) atoms. The first-order valence-electron chi connectivity index (χ1n) is 5.97. The van der Waals surface area contributed by atoms with Gasteiger partial charge in [-0.1, -0.05) is 22.0 Å². The van der Waals surface area contributed by atoms with Crippen molar-refractivity contribution in [1.82, 2.24) is 0 Å². The summed E-state index contributed by atoms with van der Waals surface area (Å²) in [6.07, 6.45) is 0. The zero-order valence-corrected chi connectivity index (χ0v) is 13.5. The van der Waals surface area contributed by atoms with E-state index in [0.29, 0.717) is 10.0 Å². The van der Waals surface area contributed by atoms with E-state index in [4.69, 9.17) is 9.88 Å². The number of sulfonamides is 1. The third kappa shape index (κ3) is 4.26. The maximum absolute atomic E-state index is 13.3. The van der Waals surface area contributed by atoms with Gasteiger partial charge in [0.05, 0.1) is 0 Å². The molecule has 0 aromatic heterocycles. The number of rotatable bonds is 4. The molecule has 0 heterocycles. The predicted octanol–water partition coefficient (Wildman–Crippen LogP) is 3.12. The number of benzene rings is 2. The summed E-state index contributed by atoms with van der Waals surface area (Å²) in [5, 5.41) is 5.17. The Bertz CT molecular complexity index is 758. The van der Waals surface area contributed by atoms with Gasteiger partial charge in [-0.05, 0) is 48.4 Å². The van der Waals surface area contributed by atoms with Crippen LogP contribution in [0.2, 0.25) is 0 Å². The van der Waals surface area contributed by atoms with Crippen LogP contribution in [-0.4, -0.2) is 8.42 Å². The van der Waals surface area contributed by atoms with Crippen LogP contribution in [0, 0.1) is 12.7 Å². The average Bonchev–Trinajstić information content (AvgIpc) is 2.35. The van der Waals surface area contributed by atoms with Crippen molar-refractivity contribution in [2.75, 3.05) is 0 Å². The number of halogens is 2. The molecule has 2 aromatic carbocycles. The van der Waals surface area contributed by atoms with Gasteiger partial charge in [-0.2, -0.15) is 0 Å². The number of aryl methyl sites for hydroxylation is 1. The number of primary sulfonamides is 1. The van der Waals surface area contributed by atoms with Crippen molar-refractivity contribution in [1.29, 1.82) is 0 Å². The van der Waals surface area contributed by atoms with E-state index in [9.17, 15) is 12.8 Å². The lowest BCUT2D eigenvalue weighted by atomic mass is 10.2. The van der Waals surface area contributed by atoms with Crippen molar-refractivity contribution < 1.29 is 17.5 Å². The topological polar surface area (TPSA) is 69.4 Å². The molecule has 0 saturated carbocycles. The maximum Gasteiger partial charge on any atom is 0.241 e. The van der Waals surface area contributed by atoms with Crippen LogP contribution in [0.25, 0.3) is 0 Å². The summed E-state index contributed by atoms with van der Waals surface area (Å²) >= 11 is 3.18. The Labute approximate surface area is 130 Å². The predicted molar refractivity (Wildman–Crippen MR) is 81.0 cm³/mol. The summed E-state index contributed by atoms with van der Waals surface area (Å²) in [5.41, 5.74) is 1.32. The molecule has 4 nitrogen and oxygen atoms in total. The van der Waals surface area contributed by atoms with Crippen LogP contribution in [-0.2, 0) is 16.6 Å². The fourth-order valence-electron chi connectivity index (χ4n) is 1.81. The van der Waals surface area contributed by atoms with E-state index >= 15 is 0 Å². The monoisotopic (exact) mass is 373 g/mol. The molecule has 0 fully saturated rings. The molecule has 0 bridgehead atoms. The minimum Gasteiger partial charge on any atom is -0.487 e. The fraction of sp³-hybridized carbons (Fsp3) is 0.143. The van der Waals surface area contributed by atoms with Gasteiger partial charge < -0.3 is 4.74 Å². The standard InChI is InChI=1S/C14H13BrFNO3S/c1-9-2-3-13(14(4-9)21(17,18)19)20-8-10-5-11(15)7-12(16)6-10/h2-7H,8H2,1H3,(H2,17,18,19). The van der Waals surface area contributed by atoms with E-state index in [-0.39, 0.29) is 17.3 Å². The van der Waals surface area contributed by atoms with Crippen LogP contribution in [0.1, 0.15) is 11.1 Å². The van der Waals surface area contributed by atoms with Crippen molar-refractivity contribution in [2.45, 2.75) is 18.4 Å². The highest BCUT2D eigenvalue weighted by atomic mass is 79.9. The molecule has 0 atom stereocenters. The van der Waals surface area contributed by atoms with Crippen LogP contribution < -0.4 is 9.88 Å². The van der Waals surface area contributed by atoms with E-state index in [2.05, 4.69) is 15.9 Å². The molecule has 0 aliphatic rings. The highest BCUT2D eigenvalue weighted by molar-refractivity contribution is 9.10. The zero-order chi connectivity index (χ0) is 15.6. The SMILES string of the molecule is Cc1ccc(OCc2cc(F)cc(Br)c2)c(S(N)(=O)=O)c1. The van der Waals surface area contributed by atoms with Gasteiger partial charge in [-0.15, -0.1) is 0 Å². The minimum absolute atomic E-state index is 0.0297. The smallest absolute Gasteiger partial charge is 0.241 e. The summed E-state index contributed by atoms with van der Waals surface area (Å²) in [6, 6.07) is 9.01. The van der Waals surface area contributed by atoms with Crippen LogP contribution in [0.3, 0.4) is 0 Å². The molecule has 2 rings (SSSR count). The third-order valence-corrected chi connectivity index (χ3v) is 4.11. The van der Waals surface area contributed by atoms with Crippen molar-refractivity contribution in [3.8, 4) is 5.75 Å². The first kappa shape index (κ1) is 15.9. The van der Waals surface area contributed by atoms with E-state index in [1.807, 2.05) is 0 Å². The third-order valence-electron chi connectivity index (χ3n) is 2.72. The van der Waals surface area contributed by atoms with Gasteiger partial charge in [0, 0.05) is 4.47 Å². The van der Waals surface area contributed by atoms with Crippen LogP contribution in [0.4, 0.5) is 4.39 Å². The summed E-state index contributed by atoms with van der Waals surface area (Å²) in [6.45, 7) is 1.78. The Morgan fingerprint density at radius 3 is 2.57 bits per heavy atom. The number of hydrogen-bond donors (Lipinski definition) is 1. The number of ether oxygens (including phenoxy) is 1. The minimum atomic E-state index is -3.89. The van der Waals surface area contributed by atoms with Gasteiger partial charge in [-0.3, -0.25) is 0 Å². The second-order valence-corrected chi connectivity index (χ2v) is 7.01. The maximum atomic E-state index is 13.3. The van der Waals surface area contributed by atoms with E-state index in [1.165, 1.54) is 24.3 Å². The lowest BCUT2D eigenvalue weighted by Gasteiger charge is -2.11. The number of nitrogens with two attached hydrogens (primary N) is 1. The molecule has 7 heteroatoms. The molecule has 0 unspecified atom stereocenters. The molecule has 0 radical (unpaired) electrons. The fourth-order valence-corrected chi connectivity index (χ4v) is 3.08. The van der Waals surface area contributed by atoms with Crippen molar-refractivity contribution in [3.05, 3.63) is 57.8 Å². The Balaban J connectivity index is 2.28. The van der Waals surface area contributed by atoms with Gasteiger partial charge in [0.25, 0.3) is 0 Å². The normalized spacial score (nSPS) is 11.4. The molecule has 2 N–H and O–H groups in total. The summed E-state index contributed by atoms with van der Waals surface area (Å²) in [4.78, 5) is -0.0852. The highest BCUT2D eigenvalue weighted by Crippen LogP contribution is 2.25. The molecule has 0 saturated heterocycles. The Morgan fingerprint density at radius 2 is 1.95 bits per heavy atom. The van der Waals surface area contributed by atoms with Crippen molar-refractivity contribution in [3.63, 3.8) is 0 Å². The zero-order valence-electron chi connectivity index (χ0n) is 11.1. The summed E-state index contributed by atoms with van der Waals surface area (Å²) in [7, 11) is -3.89. The first-order chi connectivity index (χ1) is 9.75. The first-order valence-corrected chi connectivity index (χ1v) is 8.31. The second kappa shape index (κ2) is 6.13. The van der Waals surface area contributed by atoms with E-state index in [0.717, 1.165) is 5.56 Å². The van der Waals surface area contributed by atoms with Crippen LogP contribution in [0.15, 0.2) is 45.8 Å². The molecule has 2 aromatic rings. The lowest BCUT2D eigenvalue weighted by molar-refractivity contribution is 0.297. The molecule has 0 amide bonds. The van der Waals surface area contributed by atoms with E-state index < -0.39 is 15.8 Å². The Morgan fingerprint density at radius 1 is 1.24 bits per heavy atom. The average molecular weight is 374 g/mol. The highest BCUT2D eigenvalue weighted by Gasteiger charge is 2.15. The van der Waals surface area contributed by atoms with Crippen LogP contribution in [0.5, 0.6) is 5.75 Å². The Hall–Kier alpha value is -1.44. The van der Waals surface area contributed by atoms with Crippen LogP contribution >= 0.6 is 15.9 Å². The second-order valence-electron chi connectivity index (χ2n) is 4.56. The van der Waals surface area contributed by atoms with Gasteiger partial charge in [-0.25, -0.2) is 17.9 Å². The molecule has 0 aliphatic carbocycles. The van der Waals surface area contributed by atoms with Gasteiger partial charge in [0.2, 0.25) is 10.0 Å². The van der Waals surface area contributed by atoms with Gasteiger partial charge in [0.1, 0.15) is 23.1 Å². The molecule has 0 spiro atoms. The van der Waals surface area contributed by atoms with E-state index in [1.54, 1.807) is 19.1 Å². The summed E-state index contributed by atoms with van der Waals surface area (Å²) < 4.78 is 42.4.